The van der Waals surface area contributed by atoms with Gasteiger partial charge >= 0.3 is 5.97 Å². The normalized spacial score (nSPS) is 13.9. The van der Waals surface area contributed by atoms with Crippen LogP contribution in [0, 0.1) is 18.6 Å². The first-order valence-corrected chi connectivity index (χ1v) is 14.2. The number of fused-ring (bicyclic) bond motifs is 2. The molecule has 5 aromatic rings. The average molecular weight is 611 g/mol. The van der Waals surface area contributed by atoms with Gasteiger partial charge < -0.3 is 21.1 Å². The molecule has 45 heavy (non-hydrogen) atoms. The minimum absolute atomic E-state index is 0.00455. The summed E-state index contributed by atoms with van der Waals surface area (Å²) in [6.07, 6.45) is 2.85. The number of aromatic nitrogens is 3. The maximum absolute atomic E-state index is 13.7. The zero-order valence-corrected chi connectivity index (χ0v) is 24.1. The maximum Gasteiger partial charge on any atom is 0.335 e. The zero-order valence-electron chi connectivity index (χ0n) is 24.1. The van der Waals surface area contributed by atoms with Crippen molar-refractivity contribution in [1.82, 2.24) is 25.2 Å². The highest BCUT2D eigenvalue weighted by Crippen LogP contribution is 2.35. The average Bonchev–Trinajstić information content (AvgIpc) is 3.66. The van der Waals surface area contributed by atoms with Crippen LogP contribution >= 0.6 is 0 Å². The van der Waals surface area contributed by atoms with Crippen LogP contribution in [0.4, 0.5) is 14.5 Å². The number of hydrogen-bond donors (Lipinski definition) is 4. The molecule has 1 aliphatic rings. The van der Waals surface area contributed by atoms with Gasteiger partial charge in [-0.2, -0.15) is 5.10 Å². The molecule has 4 N–H and O–H groups in total. The number of carboxylic acid groups (broad SMARTS) is 1. The number of carbonyl (C=O) groups is 3. The Balaban J connectivity index is 1.30. The number of carboxylic acids is 1. The molecule has 3 aromatic carbocycles. The van der Waals surface area contributed by atoms with Gasteiger partial charge in [0.1, 0.15) is 11.3 Å². The minimum atomic E-state index is -1.02. The van der Waals surface area contributed by atoms with E-state index in [1.807, 2.05) is 19.1 Å². The number of anilines is 1. The van der Waals surface area contributed by atoms with E-state index in [9.17, 15) is 28.3 Å². The van der Waals surface area contributed by atoms with Crippen molar-refractivity contribution in [3.63, 3.8) is 0 Å². The fourth-order valence-corrected chi connectivity index (χ4v) is 5.62. The molecule has 0 fully saturated rings. The molecule has 0 spiro atoms. The lowest BCUT2D eigenvalue weighted by atomic mass is 9.98. The monoisotopic (exact) mass is 610 g/mol. The first kappa shape index (κ1) is 29.6. The van der Waals surface area contributed by atoms with E-state index >= 15 is 0 Å². The lowest BCUT2D eigenvalue weighted by Gasteiger charge is -2.16. The molecule has 0 aliphatic heterocycles. The van der Waals surface area contributed by atoms with E-state index in [1.54, 1.807) is 36.4 Å². The third kappa shape index (κ3) is 6.00. The van der Waals surface area contributed by atoms with Crippen LogP contribution in [0.25, 0.3) is 5.65 Å². The summed E-state index contributed by atoms with van der Waals surface area (Å²) in [7, 11) is 0. The Bertz CT molecular complexity index is 1960. The third-order valence-electron chi connectivity index (χ3n) is 7.94. The van der Waals surface area contributed by atoms with E-state index in [0.717, 1.165) is 41.7 Å². The van der Waals surface area contributed by atoms with Crippen molar-refractivity contribution in [3.05, 3.63) is 129 Å². The molecular weight excluding hydrogens is 582 g/mol. The van der Waals surface area contributed by atoms with Crippen LogP contribution in [0.2, 0.25) is 0 Å². The van der Waals surface area contributed by atoms with Crippen LogP contribution in [0.3, 0.4) is 0 Å². The van der Waals surface area contributed by atoms with E-state index in [1.165, 1.54) is 16.8 Å². The Morgan fingerprint density at radius 1 is 0.956 bits per heavy atom. The number of carbonyl (C=O) groups excluding carboxylic acids is 2. The van der Waals surface area contributed by atoms with E-state index < -0.39 is 29.4 Å². The predicted octanol–water partition coefficient (Wildman–Crippen LogP) is 4.97. The largest absolute Gasteiger partial charge is 0.478 e. The fourth-order valence-electron chi connectivity index (χ4n) is 5.62. The number of nitrogens with one attached hydrogen (secondary N) is 3. The van der Waals surface area contributed by atoms with E-state index in [2.05, 4.69) is 26.0 Å². The summed E-state index contributed by atoms with van der Waals surface area (Å²) in [5.74, 6) is -4.02. The molecule has 2 aromatic heterocycles. The van der Waals surface area contributed by atoms with Gasteiger partial charge in [-0.25, -0.2) is 23.1 Å². The second-order valence-electron chi connectivity index (χ2n) is 10.8. The van der Waals surface area contributed by atoms with Gasteiger partial charge in [0.05, 0.1) is 17.5 Å². The number of amides is 2. The summed E-state index contributed by atoms with van der Waals surface area (Å²) in [5.41, 5.74) is 4.84. The molecule has 6 rings (SSSR count). The minimum Gasteiger partial charge on any atom is -0.478 e. The molecule has 1 atom stereocenters. The van der Waals surface area contributed by atoms with Gasteiger partial charge in [0.2, 0.25) is 0 Å². The van der Waals surface area contributed by atoms with E-state index in [-0.39, 0.29) is 41.6 Å². The standard InChI is InChI=1S/C33H28F2N6O4/c1-18-22-10-12-28(24(22)9-8-23(18)33(44)45)36-16-21-14-29(32(43)37-15-19-7-11-26(34)27(35)13-19)40-30-25(17-38-41(21)30)31(42)39-20-5-3-2-4-6-20/h2-9,11,13-14,17,28,36H,10,12,15-16H2,1H3,(H,37,43)(H,39,42)(H,44,45)/t28-/m0/s1. The van der Waals surface area contributed by atoms with Crippen molar-refractivity contribution in [2.24, 2.45) is 0 Å². The van der Waals surface area contributed by atoms with Gasteiger partial charge in [-0.15, -0.1) is 0 Å². The fraction of sp³-hybridized carbons (Fsp3) is 0.182. The smallest absolute Gasteiger partial charge is 0.335 e. The highest BCUT2D eigenvalue weighted by atomic mass is 19.2. The summed E-state index contributed by atoms with van der Waals surface area (Å²) in [6, 6.07) is 17.2. The Morgan fingerprint density at radius 2 is 1.76 bits per heavy atom. The molecule has 0 saturated heterocycles. The molecule has 12 heteroatoms. The Labute approximate surface area is 256 Å². The quantitative estimate of drug-likeness (QED) is 0.185. The van der Waals surface area contributed by atoms with E-state index in [4.69, 9.17) is 0 Å². The summed E-state index contributed by atoms with van der Waals surface area (Å²) in [6.45, 7) is 1.98. The third-order valence-corrected chi connectivity index (χ3v) is 7.94. The second-order valence-corrected chi connectivity index (χ2v) is 10.8. The SMILES string of the molecule is Cc1c(C(=O)O)ccc2c1CC[C@@H]2NCc1cc(C(=O)NCc2ccc(F)c(F)c2)nc2c(C(=O)Nc3ccccc3)cnn12. The summed E-state index contributed by atoms with van der Waals surface area (Å²) in [5, 5.41) is 22.9. The number of hydrogen-bond acceptors (Lipinski definition) is 6. The first-order valence-electron chi connectivity index (χ1n) is 14.2. The van der Waals surface area contributed by atoms with Gasteiger partial charge in [-0.1, -0.05) is 30.3 Å². The number of nitrogens with zero attached hydrogens (tertiary/aromatic N) is 3. The Hall–Kier alpha value is -5.49. The van der Waals surface area contributed by atoms with Crippen LogP contribution in [0.1, 0.15) is 71.6 Å². The Kier molecular flexibility index (Phi) is 8.05. The molecule has 10 nitrogen and oxygen atoms in total. The van der Waals surface area contributed by atoms with Crippen molar-refractivity contribution in [2.75, 3.05) is 5.32 Å². The Morgan fingerprint density at radius 3 is 2.51 bits per heavy atom. The molecule has 0 bridgehead atoms. The lowest BCUT2D eigenvalue weighted by Crippen LogP contribution is -2.26. The van der Waals surface area contributed by atoms with E-state index in [0.29, 0.717) is 16.9 Å². The van der Waals surface area contributed by atoms with Crippen LogP contribution in [0.5, 0.6) is 0 Å². The lowest BCUT2D eigenvalue weighted by molar-refractivity contribution is 0.0695. The molecule has 0 radical (unpaired) electrons. The van der Waals surface area contributed by atoms with Crippen LogP contribution < -0.4 is 16.0 Å². The number of para-hydroxylation sites is 1. The number of aromatic carboxylic acids is 1. The summed E-state index contributed by atoms with van der Waals surface area (Å²) in [4.78, 5) is 42.6. The molecular formula is C33H28F2N6O4. The number of benzene rings is 3. The molecule has 0 saturated carbocycles. The highest BCUT2D eigenvalue weighted by molar-refractivity contribution is 6.08. The number of rotatable bonds is 9. The molecule has 2 heterocycles. The van der Waals surface area contributed by atoms with Gasteiger partial charge in [0, 0.05) is 24.8 Å². The molecule has 0 unspecified atom stereocenters. The van der Waals surface area contributed by atoms with Crippen molar-refractivity contribution < 1.29 is 28.3 Å². The van der Waals surface area contributed by atoms with Crippen molar-refractivity contribution >= 4 is 29.1 Å². The van der Waals surface area contributed by atoms with Gasteiger partial charge in [-0.05, 0) is 78.4 Å². The highest BCUT2D eigenvalue weighted by Gasteiger charge is 2.27. The van der Waals surface area contributed by atoms with Gasteiger partial charge in [-0.3, -0.25) is 9.59 Å². The van der Waals surface area contributed by atoms with Crippen LogP contribution in [0.15, 0.2) is 72.9 Å². The van der Waals surface area contributed by atoms with Crippen LogP contribution in [-0.2, 0) is 19.5 Å². The van der Waals surface area contributed by atoms with Crippen molar-refractivity contribution in [1.29, 1.82) is 0 Å². The summed E-state index contributed by atoms with van der Waals surface area (Å²) >= 11 is 0. The second kappa shape index (κ2) is 12.2. The van der Waals surface area contributed by atoms with Gasteiger partial charge in [0.25, 0.3) is 11.8 Å². The van der Waals surface area contributed by atoms with Crippen molar-refractivity contribution in [2.45, 2.75) is 38.9 Å². The zero-order chi connectivity index (χ0) is 31.7. The molecule has 1 aliphatic carbocycles. The van der Waals surface area contributed by atoms with Gasteiger partial charge in [0.15, 0.2) is 17.3 Å². The van der Waals surface area contributed by atoms with Crippen molar-refractivity contribution in [3.8, 4) is 0 Å². The maximum atomic E-state index is 13.7. The summed E-state index contributed by atoms with van der Waals surface area (Å²) < 4.78 is 28.5. The molecule has 2 amide bonds. The first-order chi connectivity index (χ1) is 21.7. The topological polar surface area (TPSA) is 138 Å². The predicted molar refractivity (Wildman–Crippen MR) is 161 cm³/mol. The van der Waals surface area contributed by atoms with Crippen LogP contribution in [-0.4, -0.2) is 37.5 Å². The number of halogens is 2. The molecule has 228 valence electrons.